The number of hydrogen-bond donors (Lipinski definition) is 0. The standard InChI is InChI=1S/C36H36O3/c1-34(2,3)19-10-13-25-22(16-19)28-31(37-25)29-24-18-21(36(7,8)9)12-15-27(24)39-33(29)30-23-17-20(35(4,5)6)11-14-26(23)38-32(28)30/h10-18H,1-9H3. The molecular weight excluding hydrogens is 480 g/mol. The zero-order valence-electron chi connectivity index (χ0n) is 24.4. The molecule has 3 heteroatoms. The molecule has 0 atom stereocenters. The summed E-state index contributed by atoms with van der Waals surface area (Å²) in [6.45, 7) is 20.2. The Morgan fingerprint density at radius 3 is 0.872 bits per heavy atom. The van der Waals surface area contributed by atoms with Crippen LogP contribution in [0.2, 0.25) is 0 Å². The first-order valence-corrected chi connectivity index (χ1v) is 13.9. The maximum atomic E-state index is 6.69. The van der Waals surface area contributed by atoms with Crippen molar-refractivity contribution in [2.45, 2.75) is 78.6 Å². The van der Waals surface area contributed by atoms with Crippen LogP contribution in [0.3, 0.4) is 0 Å². The van der Waals surface area contributed by atoms with Gasteiger partial charge in [0.15, 0.2) is 16.7 Å². The Morgan fingerprint density at radius 2 is 0.641 bits per heavy atom. The molecule has 7 rings (SSSR count). The summed E-state index contributed by atoms with van der Waals surface area (Å²) in [6, 6.07) is 19.7. The Balaban J connectivity index is 1.76. The predicted molar refractivity (Wildman–Crippen MR) is 164 cm³/mol. The molecule has 0 saturated carbocycles. The third kappa shape index (κ3) is 3.48. The van der Waals surface area contributed by atoms with E-state index in [9.17, 15) is 0 Å². The van der Waals surface area contributed by atoms with E-state index in [1.807, 2.05) is 0 Å². The van der Waals surface area contributed by atoms with Crippen molar-refractivity contribution in [3.8, 4) is 0 Å². The van der Waals surface area contributed by atoms with Gasteiger partial charge in [-0.2, -0.15) is 0 Å². The minimum Gasteiger partial charge on any atom is -0.455 e. The molecule has 39 heavy (non-hydrogen) atoms. The van der Waals surface area contributed by atoms with Crippen molar-refractivity contribution < 1.29 is 13.3 Å². The van der Waals surface area contributed by atoms with Crippen LogP contribution in [0.5, 0.6) is 0 Å². The molecule has 198 valence electrons. The van der Waals surface area contributed by atoms with Gasteiger partial charge < -0.3 is 13.3 Å². The normalized spacial score (nSPS) is 13.8. The van der Waals surface area contributed by atoms with Crippen LogP contribution in [0, 0.1) is 0 Å². The largest absolute Gasteiger partial charge is 0.455 e. The molecule has 0 aliphatic rings. The first kappa shape index (κ1) is 24.3. The number of hydrogen-bond acceptors (Lipinski definition) is 3. The van der Waals surface area contributed by atoms with Crippen LogP contribution < -0.4 is 0 Å². The maximum Gasteiger partial charge on any atom is 0.150 e. The van der Waals surface area contributed by atoms with Gasteiger partial charge in [-0.25, -0.2) is 0 Å². The molecule has 3 aromatic heterocycles. The summed E-state index contributed by atoms with van der Waals surface area (Å²) < 4.78 is 20.1. The van der Waals surface area contributed by atoms with Gasteiger partial charge in [-0.3, -0.25) is 0 Å². The summed E-state index contributed by atoms with van der Waals surface area (Å²) in [5.74, 6) is 0. The first-order valence-electron chi connectivity index (χ1n) is 13.9. The van der Waals surface area contributed by atoms with E-state index < -0.39 is 0 Å². The van der Waals surface area contributed by atoms with Crippen molar-refractivity contribution in [1.29, 1.82) is 0 Å². The molecule has 4 aromatic carbocycles. The Labute approximate surface area is 228 Å². The molecule has 7 aromatic rings. The monoisotopic (exact) mass is 516 g/mol. The van der Waals surface area contributed by atoms with Crippen molar-refractivity contribution in [2.24, 2.45) is 0 Å². The summed E-state index contributed by atoms with van der Waals surface area (Å²) in [6.07, 6.45) is 0. The highest BCUT2D eigenvalue weighted by Gasteiger charge is 2.28. The lowest BCUT2D eigenvalue weighted by atomic mass is 9.85. The van der Waals surface area contributed by atoms with Crippen molar-refractivity contribution in [3.05, 3.63) is 71.3 Å². The average Bonchev–Trinajstić information content (AvgIpc) is 3.51. The summed E-state index contributed by atoms with van der Waals surface area (Å²) >= 11 is 0. The van der Waals surface area contributed by atoms with E-state index >= 15 is 0 Å². The van der Waals surface area contributed by atoms with E-state index in [1.54, 1.807) is 0 Å². The molecule has 0 saturated heterocycles. The van der Waals surface area contributed by atoms with E-state index in [4.69, 9.17) is 13.3 Å². The second-order valence-corrected chi connectivity index (χ2v) is 14.3. The van der Waals surface area contributed by atoms with Gasteiger partial charge in [0.25, 0.3) is 0 Å². The fourth-order valence-corrected chi connectivity index (χ4v) is 5.90. The van der Waals surface area contributed by atoms with E-state index in [0.29, 0.717) is 0 Å². The zero-order chi connectivity index (χ0) is 27.6. The van der Waals surface area contributed by atoms with Crippen LogP contribution in [0.4, 0.5) is 0 Å². The highest BCUT2D eigenvalue weighted by atomic mass is 16.4. The van der Waals surface area contributed by atoms with Crippen LogP contribution >= 0.6 is 0 Å². The van der Waals surface area contributed by atoms with Crippen LogP contribution in [0.15, 0.2) is 67.8 Å². The molecule has 0 unspecified atom stereocenters. The minimum absolute atomic E-state index is 0.0143. The van der Waals surface area contributed by atoms with E-state index in [0.717, 1.165) is 65.8 Å². The summed E-state index contributed by atoms with van der Waals surface area (Å²) in [5, 5.41) is 6.32. The molecule has 0 aliphatic heterocycles. The van der Waals surface area contributed by atoms with Gasteiger partial charge in [0.2, 0.25) is 0 Å². The first-order chi connectivity index (χ1) is 18.2. The summed E-state index contributed by atoms with van der Waals surface area (Å²) in [7, 11) is 0. The zero-order valence-corrected chi connectivity index (χ0v) is 24.4. The molecule has 0 aliphatic carbocycles. The molecule has 0 bridgehead atoms. The van der Waals surface area contributed by atoms with E-state index in [-0.39, 0.29) is 16.2 Å². The predicted octanol–water partition coefficient (Wildman–Crippen LogP) is 11.3. The quantitative estimate of drug-likeness (QED) is 0.201. The van der Waals surface area contributed by atoms with E-state index in [2.05, 4.69) is 117 Å². The Bertz CT molecular complexity index is 1830. The Kier molecular flexibility index (Phi) is 4.66. The molecule has 3 nitrogen and oxygen atoms in total. The molecular formula is C36H36O3. The highest BCUT2D eigenvalue weighted by Crippen LogP contribution is 2.49. The van der Waals surface area contributed by atoms with Gasteiger partial charge >= 0.3 is 0 Å². The van der Waals surface area contributed by atoms with Crippen molar-refractivity contribution in [3.63, 3.8) is 0 Å². The summed E-state index contributed by atoms with van der Waals surface area (Å²) in [5.41, 5.74) is 8.94. The molecule has 3 heterocycles. The molecule has 0 N–H and O–H groups in total. The number of rotatable bonds is 0. The van der Waals surface area contributed by atoms with Gasteiger partial charge in [0.1, 0.15) is 16.7 Å². The van der Waals surface area contributed by atoms with E-state index in [1.165, 1.54) is 16.7 Å². The minimum atomic E-state index is 0.0143. The SMILES string of the molecule is CC(C)(C)c1ccc2oc3c(c2c1)c1oc2ccc(C(C)(C)C)cc2c1c1oc2ccc(C(C)(C)C)cc2c31. The van der Waals surface area contributed by atoms with Crippen molar-refractivity contribution in [2.75, 3.05) is 0 Å². The Morgan fingerprint density at radius 1 is 0.385 bits per heavy atom. The lowest BCUT2D eigenvalue weighted by Gasteiger charge is -2.18. The van der Waals surface area contributed by atoms with Gasteiger partial charge in [-0.15, -0.1) is 0 Å². The number of furan rings is 3. The van der Waals surface area contributed by atoms with Crippen LogP contribution in [0.25, 0.3) is 65.8 Å². The third-order valence-corrected chi connectivity index (χ3v) is 8.34. The molecule has 0 radical (unpaired) electrons. The fourth-order valence-electron chi connectivity index (χ4n) is 5.90. The maximum absolute atomic E-state index is 6.69. The van der Waals surface area contributed by atoms with Crippen molar-refractivity contribution >= 4 is 65.8 Å². The van der Waals surface area contributed by atoms with Gasteiger partial charge in [0, 0.05) is 16.2 Å². The van der Waals surface area contributed by atoms with Gasteiger partial charge in [-0.1, -0.05) is 80.5 Å². The van der Waals surface area contributed by atoms with Crippen LogP contribution in [-0.4, -0.2) is 0 Å². The van der Waals surface area contributed by atoms with Crippen molar-refractivity contribution in [1.82, 2.24) is 0 Å². The molecule has 0 spiro atoms. The second-order valence-electron chi connectivity index (χ2n) is 14.3. The summed E-state index contributed by atoms with van der Waals surface area (Å²) in [4.78, 5) is 0. The number of fused-ring (bicyclic) bond motifs is 12. The van der Waals surface area contributed by atoms with Crippen LogP contribution in [-0.2, 0) is 16.2 Å². The topological polar surface area (TPSA) is 39.4 Å². The smallest absolute Gasteiger partial charge is 0.150 e. The molecule has 0 fully saturated rings. The average molecular weight is 517 g/mol. The second kappa shape index (κ2) is 7.47. The van der Waals surface area contributed by atoms with Gasteiger partial charge in [-0.05, 0) is 69.3 Å². The molecule has 0 amide bonds. The lowest BCUT2D eigenvalue weighted by Crippen LogP contribution is -2.10. The lowest BCUT2D eigenvalue weighted by molar-refractivity contribution is 0.590. The van der Waals surface area contributed by atoms with Gasteiger partial charge in [0.05, 0.1) is 16.2 Å². The fraction of sp³-hybridized carbons (Fsp3) is 0.333. The third-order valence-electron chi connectivity index (χ3n) is 8.34. The van der Waals surface area contributed by atoms with Crippen LogP contribution in [0.1, 0.15) is 79.0 Å². The highest BCUT2D eigenvalue weighted by molar-refractivity contribution is 6.36. The number of benzene rings is 4. The Hall–Kier alpha value is -3.72.